The van der Waals surface area contributed by atoms with E-state index < -0.39 is 0 Å². The molecule has 4 radical (unpaired) electrons. The van der Waals surface area contributed by atoms with Crippen molar-refractivity contribution in [2.45, 2.75) is 101 Å². The molecule has 0 aliphatic rings. The fraction of sp³-hybridized carbons (Fsp3) is 0.714. The molecule has 0 heterocycles. The summed E-state index contributed by atoms with van der Waals surface area (Å²) in [7, 11) is 0. The summed E-state index contributed by atoms with van der Waals surface area (Å²) in [5.41, 5.74) is 4.06. The van der Waals surface area contributed by atoms with Crippen molar-refractivity contribution in [3.05, 3.63) is 34.9 Å². The molecule has 130 valence electrons. The number of rotatable bonds is 3. The molecule has 0 amide bonds. The van der Waals surface area contributed by atoms with Gasteiger partial charge in [0.05, 0.1) is 0 Å². The summed E-state index contributed by atoms with van der Waals surface area (Å²) in [6, 6.07) is 6.56. The van der Waals surface area contributed by atoms with Crippen molar-refractivity contribution in [2.24, 2.45) is 0 Å². The summed E-state index contributed by atoms with van der Waals surface area (Å²) in [5.74, 6) is 0. The van der Waals surface area contributed by atoms with E-state index in [1.54, 1.807) is 0 Å². The van der Waals surface area contributed by atoms with E-state index in [1.165, 1.54) is 55.2 Å². The minimum atomic E-state index is 0. The Bertz CT molecular complexity index is 226. The van der Waals surface area contributed by atoms with Crippen LogP contribution in [0.3, 0.4) is 0 Å². The summed E-state index contributed by atoms with van der Waals surface area (Å²) < 4.78 is 0. The van der Waals surface area contributed by atoms with Crippen LogP contribution in [0.1, 0.15) is 96.8 Å². The third-order valence-electron chi connectivity index (χ3n) is 2.87. The van der Waals surface area contributed by atoms with Gasteiger partial charge in [-0.05, 0) is 20.8 Å². The third-order valence-corrected chi connectivity index (χ3v) is 2.87. The predicted octanol–water partition coefficient (Wildman–Crippen LogP) is 7.65. The smallest absolute Gasteiger partial charge is 0 e. The molecule has 0 aromatic heterocycles. The van der Waals surface area contributed by atoms with Crippen LogP contribution < -0.4 is 0 Å². The zero-order valence-electron chi connectivity index (χ0n) is 17.0. The number of aryl methyl sites for hydroxylation is 3. The second-order valence-corrected chi connectivity index (χ2v) is 5.67. The number of unbranched alkanes of at least 4 members (excludes halogenated alkanes) is 3. The van der Waals surface area contributed by atoms with Gasteiger partial charge in [-0.1, -0.05) is 115 Å². The Kier molecular flexibility index (Phi) is 35.3. The molecule has 0 saturated carbocycles. The largest absolute Gasteiger partial charge is 0.0654 e. The molecule has 0 N–H and O–H groups in total. The molecule has 1 rings (SSSR count). The molecule has 0 atom stereocenters. The van der Waals surface area contributed by atoms with Crippen LogP contribution in [-0.2, 0) is 0 Å². The normalized spacial score (nSPS) is 8.05. The molecule has 1 aromatic carbocycles. The molecule has 0 aliphatic heterocycles. The van der Waals surface area contributed by atoms with Gasteiger partial charge in [0.15, 0.2) is 0 Å². The van der Waals surface area contributed by atoms with Gasteiger partial charge in [-0.3, -0.25) is 0 Å². The van der Waals surface area contributed by atoms with Crippen molar-refractivity contribution in [3.8, 4) is 0 Å². The Labute approximate surface area is 159 Å². The zero-order valence-corrected chi connectivity index (χ0v) is 19.8. The molecular formula is C21H42Sn. The van der Waals surface area contributed by atoms with E-state index >= 15 is 0 Å². The number of hydrogen-bond acceptors (Lipinski definition) is 0. The van der Waals surface area contributed by atoms with Gasteiger partial charge in [0.2, 0.25) is 0 Å². The van der Waals surface area contributed by atoms with Gasteiger partial charge in [-0.15, -0.1) is 0 Å². The van der Waals surface area contributed by atoms with Crippen molar-refractivity contribution in [1.82, 2.24) is 0 Å². The van der Waals surface area contributed by atoms with E-state index in [1.807, 2.05) is 0 Å². The maximum Gasteiger partial charge on any atom is 0 e. The topological polar surface area (TPSA) is 0 Å². The Hall–Kier alpha value is 0.0187. The molecule has 0 nitrogen and oxygen atoms in total. The first-order valence-electron chi connectivity index (χ1n) is 8.97. The molecule has 0 unspecified atom stereocenters. The predicted molar refractivity (Wildman–Crippen MR) is 108 cm³/mol. The van der Waals surface area contributed by atoms with E-state index in [0.717, 1.165) is 0 Å². The van der Waals surface area contributed by atoms with Gasteiger partial charge < -0.3 is 0 Å². The molecule has 22 heavy (non-hydrogen) atoms. The van der Waals surface area contributed by atoms with Crippen LogP contribution in [0.25, 0.3) is 0 Å². The van der Waals surface area contributed by atoms with Crippen LogP contribution in [0.15, 0.2) is 18.2 Å². The van der Waals surface area contributed by atoms with Gasteiger partial charge in [-0.25, -0.2) is 0 Å². The van der Waals surface area contributed by atoms with Crippen molar-refractivity contribution < 1.29 is 0 Å². The van der Waals surface area contributed by atoms with Crippen LogP contribution in [0.4, 0.5) is 0 Å². The molecule has 0 bridgehead atoms. The molecule has 1 aromatic rings. The van der Waals surface area contributed by atoms with Gasteiger partial charge >= 0.3 is 0 Å². The van der Waals surface area contributed by atoms with Crippen LogP contribution >= 0.6 is 0 Å². The standard InChI is InChI=1S/C9H12.3C4H10.Sn/c1-7-4-8(2)6-9(3)5-7;3*1-3-4-2;/h4-6H,1-3H3;3*3-4H2,1-2H3;. The summed E-state index contributed by atoms with van der Waals surface area (Å²) >= 11 is 0. The molecule has 0 fully saturated rings. The van der Waals surface area contributed by atoms with E-state index in [9.17, 15) is 0 Å². The zero-order chi connectivity index (χ0) is 17.1. The fourth-order valence-corrected chi connectivity index (χ4v) is 1.20. The van der Waals surface area contributed by atoms with E-state index in [0.29, 0.717) is 0 Å². The van der Waals surface area contributed by atoms with Crippen molar-refractivity contribution in [3.63, 3.8) is 0 Å². The Balaban J connectivity index is -0.000000107. The van der Waals surface area contributed by atoms with Crippen molar-refractivity contribution in [1.29, 1.82) is 0 Å². The van der Waals surface area contributed by atoms with Crippen LogP contribution in [0.5, 0.6) is 0 Å². The maximum absolute atomic E-state index is 2.19. The average Bonchev–Trinajstić information content (AvgIpc) is 2.46. The van der Waals surface area contributed by atoms with E-state index in [4.69, 9.17) is 0 Å². The first-order valence-corrected chi connectivity index (χ1v) is 8.97. The second kappa shape index (κ2) is 25.9. The van der Waals surface area contributed by atoms with E-state index in [-0.39, 0.29) is 23.9 Å². The second-order valence-electron chi connectivity index (χ2n) is 5.67. The minimum absolute atomic E-state index is 0. The number of benzene rings is 1. The number of hydrogen-bond donors (Lipinski definition) is 0. The summed E-state index contributed by atoms with van der Waals surface area (Å²) in [6.45, 7) is 19.5. The van der Waals surface area contributed by atoms with Crippen LogP contribution in [0, 0.1) is 20.8 Å². The Morgan fingerprint density at radius 2 is 0.591 bits per heavy atom. The molecule has 0 saturated heterocycles. The van der Waals surface area contributed by atoms with E-state index in [2.05, 4.69) is 80.5 Å². The Morgan fingerprint density at radius 3 is 0.682 bits per heavy atom. The van der Waals surface area contributed by atoms with Crippen LogP contribution in [0.2, 0.25) is 0 Å². The van der Waals surface area contributed by atoms with Gasteiger partial charge in [0.1, 0.15) is 0 Å². The first-order chi connectivity index (χ1) is 9.92. The fourth-order valence-electron chi connectivity index (χ4n) is 1.20. The molecule has 1 heteroatoms. The molecule has 0 aliphatic carbocycles. The monoisotopic (exact) mass is 414 g/mol. The average molecular weight is 413 g/mol. The summed E-state index contributed by atoms with van der Waals surface area (Å²) in [6.07, 6.45) is 7.92. The third kappa shape index (κ3) is 32.1. The Morgan fingerprint density at radius 1 is 0.455 bits per heavy atom. The maximum atomic E-state index is 2.19. The van der Waals surface area contributed by atoms with Gasteiger partial charge in [-0.2, -0.15) is 0 Å². The van der Waals surface area contributed by atoms with Gasteiger partial charge in [0, 0.05) is 23.9 Å². The van der Waals surface area contributed by atoms with Gasteiger partial charge in [0.25, 0.3) is 0 Å². The summed E-state index contributed by atoms with van der Waals surface area (Å²) in [4.78, 5) is 0. The van der Waals surface area contributed by atoms with Crippen molar-refractivity contribution >= 4 is 23.9 Å². The van der Waals surface area contributed by atoms with Crippen LogP contribution in [-0.4, -0.2) is 23.9 Å². The minimum Gasteiger partial charge on any atom is -0.0654 e. The summed E-state index contributed by atoms with van der Waals surface area (Å²) in [5, 5.41) is 0. The molecular weight excluding hydrogens is 371 g/mol. The quantitative estimate of drug-likeness (QED) is 0.447. The van der Waals surface area contributed by atoms with Crippen molar-refractivity contribution in [2.75, 3.05) is 0 Å². The SMILES string of the molecule is CCCC.CCCC.CCCC.Cc1cc(C)cc(C)c1.[Sn]. The first kappa shape index (κ1) is 30.0. The molecule has 0 spiro atoms.